The SMILES string of the molecule is O=P(O)(O)OP(=O)(O)O.[Ce].[Ce]. The molecule has 0 radical (unpaired) electrons. The van der Waals surface area contributed by atoms with Crippen LogP contribution < -0.4 is 0 Å². The van der Waals surface area contributed by atoms with Crippen LogP contribution in [-0.4, -0.2) is 19.6 Å². The van der Waals surface area contributed by atoms with Crippen LogP contribution in [0.15, 0.2) is 0 Å². The molecule has 0 fully saturated rings. The molecular weight excluding hydrogens is 454 g/mol. The maximum absolute atomic E-state index is 9.63. The first-order chi connectivity index (χ1) is 3.71. The van der Waals surface area contributed by atoms with Gasteiger partial charge >= 0.3 is 15.6 Å². The van der Waals surface area contributed by atoms with Crippen molar-refractivity contribution in [2.24, 2.45) is 0 Å². The van der Waals surface area contributed by atoms with Crippen molar-refractivity contribution in [2.45, 2.75) is 0 Å². The fourth-order valence-corrected chi connectivity index (χ4v) is 1.25. The van der Waals surface area contributed by atoms with E-state index < -0.39 is 15.6 Å². The Balaban J connectivity index is -0.000000320. The Bertz CT molecular complexity index is 155. The Labute approximate surface area is 130 Å². The summed E-state index contributed by atoms with van der Waals surface area (Å²) >= 11 is 0. The topological polar surface area (TPSA) is 124 Å². The van der Waals surface area contributed by atoms with E-state index in [1.54, 1.807) is 0 Å². The molecule has 0 aliphatic rings. The standard InChI is InChI=1S/2Ce.H4O7P2/c;;1-8(2,3)7-9(4,5)6/h;;(H2,1,2,3)(H2,4,5,6). The quantitative estimate of drug-likeness (QED) is 0.399. The van der Waals surface area contributed by atoms with E-state index in [1.807, 2.05) is 0 Å². The van der Waals surface area contributed by atoms with Gasteiger partial charge in [0, 0.05) is 83.5 Å². The minimum Gasteiger partial charge on any atom is -0.302 e. The van der Waals surface area contributed by atoms with Crippen molar-refractivity contribution in [3.8, 4) is 0 Å². The molecule has 0 amide bonds. The van der Waals surface area contributed by atoms with Crippen LogP contribution in [0.5, 0.6) is 0 Å². The second-order valence-corrected chi connectivity index (χ2v) is 3.68. The Hall–Kier alpha value is 3.01. The minimum absolute atomic E-state index is 0. The molecule has 0 aliphatic carbocycles. The van der Waals surface area contributed by atoms with Crippen LogP contribution >= 0.6 is 15.6 Å². The smallest absolute Gasteiger partial charge is 0.302 e. The number of hydrogen-bond acceptors (Lipinski definition) is 3. The third kappa shape index (κ3) is 19.4. The summed E-state index contributed by atoms with van der Waals surface area (Å²) in [5, 5.41) is 0. The van der Waals surface area contributed by atoms with Crippen LogP contribution in [0.2, 0.25) is 0 Å². The van der Waals surface area contributed by atoms with E-state index >= 15 is 0 Å². The normalized spacial score (nSPS) is 11.3. The van der Waals surface area contributed by atoms with Crippen molar-refractivity contribution in [3.63, 3.8) is 0 Å². The molecular formula is H4Ce2O7P2. The zero-order chi connectivity index (χ0) is 7.71. The first kappa shape index (κ1) is 19.6. The van der Waals surface area contributed by atoms with Crippen LogP contribution in [0.3, 0.4) is 0 Å². The molecule has 0 unspecified atom stereocenters. The van der Waals surface area contributed by atoms with Crippen molar-refractivity contribution >= 4 is 15.6 Å². The van der Waals surface area contributed by atoms with Crippen LogP contribution in [0.4, 0.5) is 0 Å². The molecule has 0 saturated heterocycles. The summed E-state index contributed by atoms with van der Waals surface area (Å²) in [7, 11) is -10.1. The van der Waals surface area contributed by atoms with Gasteiger partial charge in [-0.2, -0.15) is 4.31 Å². The molecule has 0 aromatic heterocycles. The van der Waals surface area contributed by atoms with E-state index in [0.29, 0.717) is 0 Å². The maximum atomic E-state index is 9.63. The van der Waals surface area contributed by atoms with Gasteiger partial charge in [-0.1, -0.05) is 0 Å². The van der Waals surface area contributed by atoms with Crippen molar-refractivity contribution < 1.29 is 117 Å². The zero-order valence-corrected chi connectivity index (χ0v) is 13.0. The monoisotopic (exact) mass is 458 g/mol. The van der Waals surface area contributed by atoms with E-state index in [0.717, 1.165) is 0 Å². The third-order valence-electron chi connectivity index (χ3n) is 0.213. The van der Waals surface area contributed by atoms with E-state index in [9.17, 15) is 9.13 Å². The summed E-state index contributed by atoms with van der Waals surface area (Å²) in [6, 6.07) is 0. The maximum Gasteiger partial charge on any atom is 0.478 e. The summed E-state index contributed by atoms with van der Waals surface area (Å²) in [5.74, 6) is 0. The Morgan fingerprint density at radius 1 is 0.818 bits per heavy atom. The van der Waals surface area contributed by atoms with Crippen molar-refractivity contribution in [2.75, 3.05) is 0 Å². The van der Waals surface area contributed by atoms with Gasteiger partial charge in [0.1, 0.15) is 0 Å². The Kier molecular flexibility index (Phi) is 13.0. The van der Waals surface area contributed by atoms with Crippen LogP contribution in [0.1, 0.15) is 0 Å². The van der Waals surface area contributed by atoms with Crippen molar-refractivity contribution in [3.05, 3.63) is 0 Å². The Morgan fingerprint density at radius 3 is 1.00 bits per heavy atom. The van der Waals surface area contributed by atoms with Gasteiger partial charge in [0.25, 0.3) is 0 Å². The fourth-order valence-electron chi connectivity index (χ4n) is 0.139. The number of hydrogen-bond donors (Lipinski definition) is 4. The van der Waals surface area contributed by atoms with Crippen molar-refractivity contribution in [1.82, 2.24) is 0 Å². The van der Waals surface area contributed by atoms with E-state index in [-0.39, 0.29) is 83.5 Å². The molecule has 11 heavy (non-hydrogen) atoms. The van der Waals surface area contributed by atoms with Gasteiger partial charge in [0.15, 0.2) is 0 Å². The number of phosphoric acid groups is 2. The minimum atomic E-state index is -5.05. The number of rotatable bonds is 2. The van der Waals surface area contributed by atoms with E-state index in [2.05, 4.69) is 4.31 Å². The van der Waals surface area contributed by atoms with Gasteiger partial charge in [0.05, 0.1) is 0 Å². The first-order valence-corrected chi connectivity index (χ1v) is 4.59. The van der Waals surface area contributed by atoms with Gasteiger partial charge in [-0.3, -0.25) is 0 Å². The molecule has 0 bridgehead atoms. The fraction of sp³-hybridized carbons (Fsp3) is 0. The van der Waals surface area contributed by atoms with Crippen LogP contribution in [0.25, 0.3) is 0 Å². The summed E-state index contributed by atoms with van der Waals surface area (Å²) in [4.78, 5) is 31.0. The summed E-state index contributed by atoms with van der Waals surface area (Å²) in [5.41, 5.74) is 0. The van der Waals surface area contributed by atoms with E-state index in [4.69, 9.17) is 19.6 Å². The molecule has 0 aliphatic heterocycles. The average Bonchev–Trinajstić information content (AvgIpc) is 1.14. The van der Waals surface area contributed by atoms with Gasteiger partial charge in [-0.15, -0.1) is 0 Å². The predicted molar refractivity (Wildman–Crippen MR) is 25.2 cm³/mol. The third-order valence-corrected chi connectivity index (χ3v) is 1.91. The first-order valence-electron chi connectivity index (χ1n) is 1.53. The second-order valence-electron chi connectivity index (χ2n) is 1.06. The zero-order valence-electron chi connectivity index (χ0n) is 4.91. The molecule has 0 rings (SSSR count). The summed E-state index contributed by atoms with van der Waals surface area (Å²) in [6.07, 6.45) is 0. The Morgan fingerprint density at radius 2 is 1.00 bits per heavy atom. The molecule has 64 valence electrons. The summed E-state index contributed by atoms with van der Waals surface area (Å²) < 4.78 is 22.2. The summed E-state index contributed by atoms with van der Waals surface area (Å²) in [6.45, 7) is 0. The van der Waals surface area contributed by atoms with Gasteiger partial charge in [-0.05, 0) is 0 Å². The molecule has 4 N–H and O–H groups in total. The largest absolute Gasteiger partial charge is 0.478 e. The molecule has 0 atom stereocenters. The van der Waals surface area contributed by atoms with Gasteiger partial charge < -0.3 is 19.6 Å². The molecule has 0 spiro atoms. The molecule has 7 nitrogen and oxygen atoms in total. The van der Waals surface area contributed by atoms with Gasteiger partial charge in [-0.25, -0.2) is 9.13 Å². The van der Waals surface area contributed by atoms with Gasteiger partial charge in [0.2, 0.25) is 0 Å². The molecule has 0 heterocycles. The van der Waals surface area contributed by atoms with Crippen LogP contribution in [-0.2, 0) is 13.4 Å². The molecule has 0 aromatic rings. The molecule has 11 heteroatoms. The van der Waals surface area contributed by atoms with Crippen LogP contribution in [0, 0.1) is 83.5 Å². The second kappa shape index (κ2) is 7.32. The van der Waals surface area contributed by atoms with Crippen molar-refractivity contribution in [1.29, 1.82) is 0 Å². The van der Waals surface area contributed by atoms with E-state index in [1.165, 1.54) is 0 Å². The molecule has 0 aromatic carbocycles. The average molecular weight is 458 g/mol. The molecule has 0 saturated carbocycles. The predicted octanol–water partition coefficient (Wildman–Crippen LogP) is -0.812.